The number of hydrogen-bond acceptors (Lipinski definition) is 4. The highest BCUT2D eigenvalue weighted by molar-refractivity contribution is 5.96. The number of hydrogen-bond donors (Lipinski definition) is 0. The van der Waals surface area contributed by atoms with Gasteiger partial charge in [0.05, 0.1) is 12.6 Å². The Labute approximate surface area is 159 Å². The third kappa shape index (κ3) is 4.81. The van der Waals surface area contributed by atoms with Crippen molar-refractivity contribution in [2.75, 3.05) is 6.61 Å². The number of carbonyl (C=O) groups is 2. The van der Waals surface area contributed by atoms with Crippen molar-refractivity contribution in [2.45, 2.75) is 44.9 Å². The summed E-state index contributed by atoms with van der Waals surface area (Å²) >= 11 is 0. The fourth-order valence-electron chi connectivity index (χ4n) is 3.08. The van der Waals surface area contributed by atoms with Crippen LogP contribution >= 0.6 is 0 Å². The number of ketones is 1. The predicted octanol–water partition coefficient (Wildman–Crippen LogP) is 3.79. The number of ether oxygens (including phenoxy) is 1. The number of nitrogens with zero attached hydrogens (tertiary/aromatic N) is 1. The van der Waals surface area contributed by atoms with Gasteiger partial charge in [-0.25, -0.2) is 5.06 Å². The van der Waals surface area contributed by atoms with Gasteiger partial charge in [-0.05, 0) is 25.8 Å². The molecule has 0 bridgehead atoms. The molecule has 0 unspecified atom stereocenters. The quantitative estimate of drug-likeness (QED) is 0.729. The number of Topliss-reactive ketones (excluding diaryl/α,β-unsaturated/α-hetero) is 1. The molecule has 0 N–H and O–H groups in total. The lowest BCUT2D eigenvalue weighted by Crippen LogP contribution is -2.48. The van der Waals surface area contributed by atoms with Gasteiger partial charge in [-0.2, -0.15) is 0 Å². The molecule has 0 aliphatic carbocycles. The molecule has 0 radical (unpaired) electrons. The van der Waals surface area contributed by atoms with Crippen LogP contribution in [0.2, 0.25) is 0 Å². The Morgan fingerprint density at radius 3 is 2.41 bits per heavy atom. The molecular formula is C22H25NO4. The van der Waals surface area contributed by atoms with E-state index in [1.54, 1.807) is 26.0 Å². The Morgan fingerprint density at radius 1 is 1.11 bits per heavy atom. The van der Waals surface area contributed by atoms with Crippen LogP contribution in [-0.2, 0) is 21.0 Å². The molecule has 1 atom stereocenters. The van der Waals surface area contributed by atoms with Gasteiger partial charge in [-0.15, -0.1) is 0 Å². The molecule has 1 aliphatic heterocycles. The SMILES string of the molecule is CC1(C)OCC[C@@H](CC(=O)c2ccccc2)N(OCc2ccccc2)C1=O. The Hall–Kier alpha value is -2.50. The first-order valence-corrected chi connectivity index (χ1v) is 9.20. The Bertz CT molecular complexity index is 773. The van der Waals surface area contributed by atoms with Crippen LogP contribution in [-0.4, -0.2) is 35.0 Å². The topological polar surface area (TPSA) is 55.8 Å². The monoisotopic (exact) mass is 367 g/mol. The molecule has 2 aromatic carbocycles. The van der Waals surface area contributed by atoms with Crippen molar-refractivity contribution in [1.29, 1.82) is 0 Å². The second-order valence-corrected chi connectivity index (χ2v) is 7.18. The van der Waals surface area contributed by atoms with E-state index in [1.807, 2.05) is 48.5 Å². The largest absolute Gasteiger partial charge is 0.366 e. The van der Waals surface area contributed by atoms with Crippen LogP contribution in [0.3, 0.4) is 0 Å². The number of rotatable bonds is 6. The zero-order valence-corrected chi connectivity index (χ0v) is 15.8. The zero-order valence-electron chi connectivity index (χ0n) is 15.8. The van der Waals surface area contributed by atoms with E-state index in [2.05, 4.69) is 0 Å². The van der Waals surface area contributed by atoms with E-state index < -0.39 is 5.60 Å². The molecule has 0 spiro atoms. The van der Waals surface area contributed by atoms with Crippen molar-refractivity contribution < 1.29 is 19.2 Å². The summed E-state index contributed by atoms with van der Waals surface area (Å²) in [6.07, 6.45) is 0.743. The van der Waals surface area contributed by atoms with Crippen molar-refractivity contribution in [2.24, 2.45) is 0 Å². The Balaban J connectivity index is 1.77. The minimum Gasteiger partial charge on any atom is -0.366 e. The lowest BCUT2D eigenvalue weighted by molar-refractivity contribution is -0.214. The van der Waals surface area contributed by atoms with Gasteiger partial charge in [0.2, 0.25) is 0 Å². The van der Waals surface area contributed by atoms with Crippen LogP contribution in [0.15, 0.2) is 60.7 Å². The molecule has 3 rings (SSSR count). The second-order valence-electron chi connectivity index (χ2n) is 7.18. The van der Waals surface area contributed by atoms with Crippen LogP contribution in [0, 0.1) is 0 Å². The van der Waals surface area contributed by atoms with E-state index in [-0.39, 0.29) is 30.8 Å². The molecule has 2 aromatic rings. The third-order valence-corrected chi connectivity index (χ3v) is 4.69. The van der Waals surface area contributed by atoms with E-state index >= 15 is 0 Å². The van der Waals surface area contributed by atoms with Crippen LogP contribution in [0.1, 0.15) is 42.6 Å². The first-order valence-electron chi connectivity index (χ1n) is 9.20. The molecular weight excluding hydrogens is 342 g/mol. The van der Waals surface area contributed by atoms with Gasteiger partial charge in [0.1, 0.15) is 12.2 Å². The van der Waals surface area contributed by atoms with Crippen molar-refractivity contribution in [3.8, 4) is 0 Å². The summed E-state index contributed by atoms with van der Waals surface area (Å²) in [5.74, 6) is -0.275. The van der Waals surface area contributed by atoms with Crippen molar-refractivity contribution in [3.63, 3.8) is 0 Å². The molecule has 5 nitrogen and oxygen atoms in total. The Morgan fingerprint density at radius 2 is 1.74 bits per heavy atom. The minimum absolute atomic E-state index is 0.0126. The van der Waals surface area contributed by atoms with Crippen molar-refractivity contribution in [1.82, 2.24) is 5.06 Å². The van der Waals surface area contributed by atoms with Gasteiger partial charge in [0.25, 0.3) is 5.91 Å². The van der Waals surface area contributed by atoms with Crippen molar-refractivity contribution >= 4 is 11.7 Å². The molecule has 1 heterocycles. The highest BCUT2D eigenvalue weighted by Crippen LogP contribution is 2.25. The molecule has 5 heteroatoms. The van der Waals surface area contributed by atoms with Gasteiger partial charge >= 0.3 is 0 Å². The van der Waals surface area contributed by atoms with Crippen LogP contribution < -0.4 is 0 Å². The number of carbonyl (C=O) groups excluding carboxylic acids is 2. The molecule has 1 fully saturated rings. The molecule has 1 amide bonds. The average Bonchev–Trinajstić information content (AvgIpc) is 2.78. The van der Waals surface area contributed by atoms with Gasteiger partial charge in [0.15, 0.2) is 5.78 Å². The molecule has 1 aliphatic rings. The zero-order chi connectivity index (χ0) is 19.3. The molecule has 142 valence electrons. The average molecular weight is 367 g/mol. The second kappa shape index (κ2) is 8.46. The highest BCUT2D eigenvalue weighted by atomic mass is 16.7. The maximum absolute atomic E-state index is 13.0. The first-order chi connectivity index (χ1) is 13.0. The van der Waals surface area contributed by atoms with Crippen LogP contribution in [0.5, 0.6) is 0 Å². The summed E-state index contributed by atoms with van der Waals surface area (Å²) in [7, 11) is 0. The summed E-state index contributed by atoms with van der Waals surface area (Å²) in [5.41, 5.74) is 0.611. The van der Waals surface area contributed by atoms with Gasteiger partial charge in [0, 0.05) is 12.0 Å². The number of benzene rings is 2. The molecule has 1 saturated heterocycles. The predicted molar refractivity (Wildman–Crippen MR) is 102 cm³/mol. The molecule has 0 saturated carbocycles. The standard InChI is InChI=1S/C22H25NO4/c1-22(2)21(25)23(27-16-17-9-5-3-6-10-17)19(13-14-26-22)15-20(24)18-11-7-4-8-12-18/h3-12,19H,13-16H2,1-2H3/t19-/m0/s1. The molecule has 0 aromatic heterocycles. The third-order valence-electron chi connectivity index (χ3n) is 4.69. The van der Waals surface area contributed by atoms with Gasteiger partial charge < -0.3 is 4.74 Å². The van der Waals surface area contributed by atoms with E-state index in [4.69, 9.17) is 9.57 Å². The number of amides is 1. The summed E-state index contributed by atoms with van der Waals surface area (Å²) in [6.45, 7) is 4.13. The van der Waals surface area contributed by atoms with E-state index in [1.165, 1.54) is 5.06 Å². The number of hydroxylamine groups is 2. The summed E-state index contributed by atoms with van der Waals surface area (Å²) in [4.78, 5) is 31.6. The first kappa shape index (κ1) is 19.3. The maximum atomic E-state index is 13.0. The summed E-state index contributed by atoms with van der Waals surface area (Å²) in [5, 5.41) is 1.36. The maximum Gasteiger partial charge on any atom is 0.278 e. The van der Waals surface area contributed by atoms with Gasteiger partial charge in [-0.1, -0.05) is 60.7 Å². The fourth-order valence-corrected chi connectivity index (χ4v) is 3.08. The smallest absolute Gasteiger partial charge is 0.278 e. The van der Waals surface area contributed by atoms with E-state index in [0.717, 1.165) is 5.56 Å². The van der Waals surface area contributed by atoms with Gasteiger partial charge in [-0.3, -0.25) is 14.4 Å². The van der Waals surface area contributed by atoms with Crippen LogP contribution in [0.25, 0.3) is 0 Å². The molecule has 27 heavy (non-hydrogen) atoms. The van der Waals surface area contributed by atoms with Crippen molar-refractivity contribution in [3.05, 3.63) is 71.8 Å². The van der Waals surface area contributed by atoms with Crippen LogP contribution in [0.4, 0.5) is 0 Å². The lowest BCUT2D eigenvalue weighted by atomic mass is 10.0. The van der Waals surface area contributed by atoms with E-state index in [0.29, 0.717) is 18.6 Å². The summed E-state index contributed by atoms with van der Waals surface area (Å²) in [6, 6.07) is 18.4. The highest BCUT2D eigenvalue weighted by Gasteiger charge is 2.41. The van der Waals surface area contributed by atoms with E-state index in [9.17, 15) is 9.59 Å². The normalized spacial score (nSPS) is 19.6. The Kier molecular flexibility index (Phi) is 6.04. The fraction of sp³-hybridized carbons (Fsp3) is 0.364. The lowest BCUT2D eigenvalue weighted by Gasteiger charge is -2.32. The minimum atomic E-state index is -0.985. The summed E-state index contributed by atoms with van der Waals surface area (Å²) < 4.78 is 5.72.